The molecule has 4 rings (SSSR count). The predicted molar refractivity (Wildman–Crippen MR) is 111 cm³/mol. The number of oxazole rings is 1. The van der Waals surface area contributed by atoms with Crippen LogP contribution >= 0.6 is 0 Å². The molecule has 0 saturated carbocycles. The van der Waals surface area contributed by atoms with Crippen molar-refractivity contribution >= 4 is 0 Å². The van der Waals surface area contributed by atoms with Crippen LogP contribution in [0.5, 0.6) is 11.5 Å². The van der Waals surface area contributed by atoms with Crippen LogP contribution in [0, 0.1) is 6.92 Å². The molecule has 0 atom stereocenters. The highest BCUT2D eigenvalue weighted by atomic mass is 16.5. The summed E-state index contributed by atoms with van der Waals surface area (Å²) in [6.07, 6.45) is 0. The van der Waals surface area contributed by atoms with Gasteiger partial charge in [-0.15, -0.1) is 0 Å². The highest BCUT2D eigenvalue weighted by Gasteiger charge is 2.18. The first-order valence-electron chi connectivity index (χ1n) is 9.04. The van der Waals surface area contributed by atoms with E-state index in [1.54, 1.807) is 14.2 Å². The first kappa shape index (κ1) is 17.9. The lowest BCUT2D eigenvalue weighted by Crippen LogP contribution is -1.86. The molecule has 4 heteroatoms. The van der Waals surface area contributed by atoms with Crippen LogP contribution in [0.2, 0.25) is 0 Å². The highest BCUT2D eigenvalue weighted by molar-refractivity contribution is 5.79. The van der Waals surface area contributed by atoms with Gasteiger partial charge in [-0.1, -0.05) is 17.7 Å². The lowest BCUT2D eigenvalue weighted by atomic mass is 10.1. The van der Waals surface area contributed by atoms with Gasteiger partial charge in [0.05, 0.1) is 14.2 Å². The maximum absolute atomic E-state index is 6.23. The van der Waals surface area contributed by atoms with Crippen molar-refractivity contribution in [2.75, 3.05) is 14.2 Å². The average Bonchev–Trinajstić information content (AvgIpc) is 3.20. The normalized spacial score (nSPS) is 10.7. The van der Waals surface area contributed by atoms with Gasteiger partial charge in [0.15, 0.2) is 5.76 Å². The van der Waals surface area contributed by atoms with E-state index in [0.29, 0.717) is 5.89 Å². The van der Waals surface area contributed by atoms with Gasteiger partial charge in [0, 0.05) is 16.7 Å². The molecule has 28 heavy (non-hydrogen) atoms. The molecule has 0 amide bonds. The second-order valence-corrected chi connectivity index (χ2v) is 6.52. The Bertz CT molecular complexity index is 998. The van der Waals surface area contributed by atoms with E-state index in [1.165, 1.54) is 5.56 Å². The van der Waals surface area contributed by atoms with Crippen molar-refractivity contribution in [3.63, 3.8) is 0 Å². The minimum Gasteiger partial charge on any atom is -0.497 e. The largest absolute Gasteiger partial charge is 0.497 e. The minimum atomic E-state index is 0.594. The zero-order valence-electron chi connectivity index (χ0n) is 16.1. The van der Waals surface area contributed by atoms with Gasteiger partial charge < -0.3 is 13.9 Å². The van der Waals surface area contributed by atoms with Crippen molar-refractivity contribution in [3.05, 3.63) is 78.4 Å². The Labute approximate surface area is 164 Å². The molecule has 0 saturated heterocycles. The molecule has 1 aromatic heterocycles. The molecule has 0 aliphatic carbocycles. The van der Waals surface area contributed by atoms with E-state index in [2.05, 4.69) is 19.1 Å². The third kappa shape index (κ3) is 3.49. The van der Waals surface area contributed by atoms with Crippen molar-refractivity contribution < 1.29 is 13.9 Å². The van der Waals surface area contributed by atoms with Crippen molar-refractivity contribution in [1.82, 2.24) is 4.98 Å². The number of benzene rings is 3. The molecule has 0 bridgehead atoms. The summed E-state index contributed by atoms with van der Waals surface area (Å²) >= 11 is 0. The summed E-state index contributed by atoms with van der Waals surface area (Å²) in [5, 5.41) is 0. The number of hydrogen-bond donors (Lipinski definition) is 0. The Morgan fingerprint density at radius 1 is 0.643 bits per heavy atom. The number of rotatable bonds is 5. The molecule has 0 aliphatic rings. The van der Waals surface area contributed by atoms with Gasteiger partial charge in [-0.05, 0) is 67.6 Å². The van der Waals surface area contributed by atoms with Crippen LogP contribution in [-0.2, 0) is 0 Å². The quantitative estimate of drug-likeness (QED) is 0.431. The van der Waals surface area contributed by atoms with Crippen LogP contribution in [0.4, 0.5) is 0 Å². The molecule has 1 heterocycles. The number of nitrogens with zero attached hydrogens (tertiary/aromatic N) is 1. The van der Waals surface area contributed by atoms with Crippen LogP contribution in [0.3, 0.4) is 0 Å². The molecular weight excluding hydrogens is 350 g/mol. The summed E-state index contributed by atoms with van der Waals surface area (Å²) in [6, 6.07) is 23.8. The SMILES string of the molecule is COc1ccc(-c2nc(-c3ccc(C)cc3)oc2-c2ccc(OC)cc2)cc1. The van der Waals surface area contributed by atoms with E-state index < -0.39 is 0 Å². The summed E-state index contributed by atoms with van der Waals surface area (Å²) in [4.78, 5) is 4.82. The number of aromatic nitrogens is 1. The molecule has 0 radical (unpaired) electrons. The first-order valence-corrected chi connectivity index (χ1v) is 9.04. The Kier molecular flexibility index (Phi) is 4.85. The maximum Gasteiger partial charge on any atom is 0.227 e. The van der Waals surface area contributed by atoms with Crippen LogP contribution in [0.1, 0.15) is 5.56 Å². The lowest BCUT2D eigenvalue weighted by Gasteiger charge is -2.04. The molecule has 3 aromatic carbocycles. The first-order chi connectivity index (χ1) is 13.7. The van der Waals surface area contributed by atoms with Crippen molar-refractivity contribution in [2.24, 2.45) is 0 Å². The molecular formula is C24H21NO3. The van der Waals surface area contributed by atoms with Crippen LogP contribution in [0.15, 0.2) is 77.2 Å². The number of aryl methyl sites for hydroxylation is 1. The Morgan fingerprint density at radius 2 is 1.14 bits per heavy atom. The van der Waals surface area contributed by atoms with E-state index in [1.807, 2.05) is 60.7 Å². The van der Waals surface area contributed by atoms with Crippen molar-refractivity contribution in [3.8, 4) is 45.5 Å². The smallest absolute Gasteiger partial charge is 0.227 e. The van der Waals surface area contributed by atoms with Crippen LogP contribution < -0.4 is 9.47 Å². The zero-order chi connectivity index (χ0) is 19.5. The number of hydrogen-bond acceptors (Lipinski definition) is 4. The summed E-state index contributed by atoms with van der Waals surface area (Å²) in [7, 11) is 3.31. The third-order valence-corrected chi connectivity index (χ3v) is 4.64. The molecule has 0 spiro atoms. The fourth-order valence-corrected chi connectivity index (χ4v) is 3.02. The molecule has 140 valence electrons. The summed E-state index contributed by atoms with van der Waals surface area (Å²) in [6.45, 7) is 2.06. The molecule has 0 fully saturated rings. The Balaban J connectivity index is 1.84. The summed E-state index contributed by atoms with van der Waals surface area (Å²) in [5.74, 6) is 2.92. The monoisotopic (exact) mass is 371 g/mol. The van der Waals surface area contributed by atoms with Crippen LogP contribution in [-0.4, -0.2) is 19.2 Å². The minimum absolute atomic E-state index is 0.594. The van der Waals surface area contributed by atoms with E-state index in [9.17, 15) is 0 Å². The highest BCUT2D eigenvalue weighted by Crippen LogP contribution is 2.37. The second kappa shape index (κ2) is 7.61. The fraction of sp³-hybridized carbons (Fsp3) is 0.125. The standard InChI is InChI=1S/C24H21NO3/c1-16-4-6-19(7-5-16)24-25-22(17-8-12-20(26-2)13-9-17)23(28-24)18-10-14-21(27-3)15-11-18/h4-15H,1-3H3. The van der Waals surface area contributed by atoms with E-state index in [4.69, 9.17) is 18.9 Å². The zero-order valence-corrected chi connectivity index (χ0v) is 16.1. The van der Waals surface area contributed by atoms with Gasteiger partial charge in [0.1, 0.15) is 17.2 Å². The molecule has 0 unspecified atom stereocenters. The van der Waals surface area contributed by atoms with Gasteiger partial charge in [-0.2, -0.15) is 0 Å². The van der Waals surface area contributed by atoms with E-state index in [-0.39, 0.29) is 0 Å². The Hall–Kier alpha value is -3.53. The summed E-state index contributed by atoms with van der Waals surface area (Å²) < 4.78 is 16.8. The van der Waals surface area contributed by atoms with E-state index >= 15 is 0 Å². The topological polar surface area (TPSA) is 44.5 Å². The predicted octanol–water partition coefficient (Wildman–Crippen LogP) is 6.00. The molecule has 4 aromatic rings. The molecule has 0 N–H and O–H groups in total. The molecule has 4 nitrogen and oxygen atoms in total. The number of ether oxygens (including phenoxy) is 2. The fourth-order valence-electron chi connectivity index (χ4n) is 3.02. The average molecular weight is 371 g/mol. The van der Waals surface area contributed by atoms with Gasteiger partial charge in [-0.3, -0.25) is 0 Å². The third-order valence-electron chi connectivity index (χ3n) is 4.64. The van der Waals surface area contributed by atoms with Gasteiger partial charge in [0.25, 0.3) is 0 Å². The van der Waals surface area contributed by atoms with Gasteiger partial charge in [0.2, 0.25) is 5.89 Å². The molecule has 0 aliphatic heterocycles. The second-order valence-electron chi connectivity index (χ2n) is 6.52. The van der Waals surface area contributed by atoms with E-state index in [0.717, 1.165) is 39.6 Å². The van der Waals surface area contributed by atoms with Crippen molar-refractivity contribution in [2.45, 2.75) is 6.92 Å². The summed E-state index contributed by atoms with van der Waals surface area (Å²) in [5.41, 5.74) is 4.84. The number of methoxy groups -OCH3 is 2. The van der Waals surface area contributed by atoms with Gasteiger partial charge in [-0.25, -0.2) is 4.98 Å². The maximum atomic E-state index is 6.23. The van der Waals surface area contributed by atoms with Crippen molar-refractivity contribution in [1.29, 1.82) is 0 Å². The van der Waals surface area contributed by atoms with Crippen LogP contribution in [0.25, 0.3) is 34.0 Å². The lowest BCUT2D eigenvalue weighted by molar-refractivity contribution is 0.414. The Morgan fingerprint density at radius 3 is 1.68 bits per heavy atom. The van der Waals surface area contributed by atoms with Gasteiger partial charge >= 0.3 is 0 Å².